The highest BCUT2D eigenvalue weighted by molar-refractivity contribution is 6.09. The molecule has 0 aliphatic carbocycles. The molecule has 2 aromatic carbocycles. The molecule has 0 aliphatic heterocycles. The molecule has 0 unspecified atom stereocenters. The van der Waals surface area contributed by atoms with Crippen LogP contribution in [-0.2, 0) is 7.05 Å². The Bertz CT molecular complexity index is 1050. The summed E-state index contributed by atoms with van der Waals surface area (Å²) < 4.78 is 2.08. The van der Waals surface area contributed by atoms with Gasteiger partial charge in [-0.2, -0.15) is 15.8 Å². The summed E-state index contributed by atoms with van der Waals surface area (Å²) in [6.45, 7) is 0. The molecule has 3 rings (SSSR count). The number of nitrogens with zero attached hydrogens (tertiary/aromatic N) is 4. The van der Waals surface area contributed by atoms with Crippen LogP contribution in [-0.4, -0.2) is 4.57 Å². The van der Waals surface area contributed by atoms with Crippen LogP contribution in [0.4, 0.5) is 0 Å². The minimum Gasteiger partial charge on any atom is -0.344 e. The van der Waals surface area contributed by atoms with Crippen molar-refractivity contribution in [1.82, 2.24) is 4.57 Å². The van der Waals surface area contributed by atoms with E-state index in [1.165, 1.54) is 0 Å². The third-order valence-corrected chi connectivity index (χ3v) is 3.79. The molecule has 0 radical (unpaired) electrons. The van der Waals surface area contributed by atoms with Crippen molar-refractivity contribution in [2.24, 2.45) is 7.05 Å². The summed E-state index contributed by atoms with van der Waals surface area (Å²) in [5.74, 6) is 0. The maximum Gasteiger partial charge on any atom is 0.148 e. The van der Waals surface area contributed by atoms with Gasteiger partial charge in [0.15, 0.2) is 0 Å². The molecule has 102 valence electrons. The van der Waals surface area contributed by atoms with Crippen molar-refractivity contribution in [1.29, 1.82) is 15.8 Å². The van der Waals surface area contributed by atoms with E-state index in [0.717, 1.165) is 21.8 Å². The van der Waals surface area contributed by atoms with Crippen molar-refractivity contribution in [2.45, 2.75) is 0 Å². The molecule has 4 heteroatoms. The molecule has 0 saturated carbocycles. The monoisotopic (exact) mass is 282 g/mol. The smallest absolute Gasteiger partial charge is 0.148 e. The number of rotatable bonds is 1. The number of hydrogen-bond acceptors (Lipinski definition) is 3. The van der Waals surface area contributed by atoms with Crippen LogP contribution in [0.15, 0.2) is 48.0 Å². The average molecular weight is 282 g/mol. The highest BCUT2D eigenvalue weighted by Crippen LogP contribution is 2.30. The van der Waals surface area contributed by atoms with Gasteiger partial charge in [0.1, 0.15) is 23.8 Å². The lowest BCUT2D eigenvalue weighted by atomic mass is 10.00. The Kier molecular flexibility index (Phi) is 3.11. The Hall–Kier alpha value is -3.55. The zero-order valence-corrected chi connectivity index (χ0v) is 11.8. The number of nitriles is 3. The number of para-hydroxylation sites is 1. The quantitative estimate of drug-likeness (QED) is 0.639. The average Bonchev–Trinajstić information content (AvgIpc) is 2.85. The van der Waals surface area contributed by atoms with Gasteiger partial charge < -0.3 is 4.57 Å². The molecule has 0 saturated heterocycles. The van der Waals surface area contributed by atoms with E-state index in [0.29, 0.717) is 5.56 Å². The molecule has 0 amide bonds. The second-order valence-electron chi connectivity index (χ2n) is 4.89. The number of benzene rings is 2. The predicted molar refractivity (Wildman–Crippen MR) is 84.2 cm³/mol. The normalized spacial score (nSPS) is 9.91. The van der Waals surface area contributed by atoms with Gasteiger partial charge in [-0.15, -0.1) is 0 Å². The minimum absolute atomic E-state index is 0.111. The molecule has 1 heterocycles. The number of aryl methyl sites for hydroxylation is 1. The summed E-state index contributed by atoms with van der Waals surface area (Å²) in [4.78, 5) is 0. The Morgan fingerprint density at radius 2 is 1.55 bits per heavy atom. The Morgan fingerprint density at radius 1 is 0.864 bits per heavy atom. The molecular weight excluding hydrogens is 272 g/mol. The number of fused-ring (bicyclic) bond motifs is 3. The van der Waals surface area contributed by atoms with Crippen LogP contribution in [0.25, 0.3) is 27.4 Å². The molecule has 0 aliphatic rings. The Morgan fingerprint density at radius 3 is 2.23 bits per heavy atom. The van der Waals surface area contributed by atoms with Crippen molar-refractivity contribution >= 4 is 27.4 Å². The molecule has 0 fully saturated rings. The van der Waals surface area contributed by atoms with Gasteiger partial charge in [-0.3, -0.25) is 0 Å². The van der Waals surface area contributed by atoms with Gasteiger partial charge in [-0.25, -0.2) is 0 Å². The standard InChI is InChI=1S/C18H10N4/c1-22-17-5-3-2-4-14(17)15-8-12(6-7-18(15)22)16(11-21)13(9-19)10-20/h2-8H,1H3. The predicted octanol–water partition coefficient (Wildman–Crippen LogP) is 3.66. The van der Waals surface area contributed by atoms with Crippen LogP contribution < -0.4 is 0 Å². The highest BCUT2D eigenvalue weighted by Gasteiger charge is 2.12. The van der Waals surface area contributed by atoms with Gasteiger partial charge >= 0.3 is 0 Å². The molecule has 0 spiro atoms. The molecular formula is C18H10N4. The van der Waals surface area contributed by atoms with Crippen molar-refractivity contribution in [3.05, 3.63) is 53.6 Å². The van der Waals surface area contributed by atoms with Crippen molar-refractivity contribution in [3.63, 3.8) is 0 Å². The van der Waals surface area contributed by atoms with E-state index in [1.54, 1.807) is 18.2 Å². The molecule has 0 bridgehead atoms. The van der Waals surface area contributed by atoms with Crippen LogP contribution in [0.5, 0.6) is 0 Å². The summed E-state index contributed by atoms with van der Waals surface area (Å²) in [6.07, 6.45) is 0. The first kappa shape index (κ1) is 13.4. The zero-order valence-electron chi connectivity index (χ0n) is 11.8. The third kappa shape index (κ3) is 1.82. The van der Waals surface area contributed by atoms with E-state index < -0.39 is 0 Å². The Balaban J connectivity index is 2.39. The lowest BCUT2D eigenvalue weighted by molar-refractivity contribution is 1.01. The summed E-state index contributed by atoms with van der Waals surface area (Å²) in [5, 5.41) is 29.3. The van der Waals surface area contributed by atoms with E-state index in [-0.39, 0.29) is 11.1 Å². The lowest BCUT2D eigenvalue weighted by Gasteiger charge is -2.01. The first-order chi connectivity index (χ1) is 10.7. The van der Waals surface area contributed by atoms with Gasteiger partial charge in [0.05, 0.1) is 5.57 Å². The van der Waals surface area contributed by atoms with E-state index in [1.807, 2.05) is 49.5 Å². The van der Waals surface area contributed by atoms with Crippen LogP contribution >= 0.6 is 0 Å². The summed E-state index contributed by atoms with van der Waals surface area (Å²) in [6, 6.07) is 19.1. The molecule has 1 aromatic heterocycles. The first-order valence-corrected chi connectivity index (χ1v) is 6.63. The van der Waals surface area contributed by atoms with Gasteiger partial charge in [0, 0.05) is 28.9 Å². The van der Waals surface area contributed by atoms with Crippen LogP contribution in [0, 0.1) is 34.0 Å². The number of allylic oxidation sites excluding steroid dienone is 2. The first-order valence-electron chi connectivity index (χ1n) is 6.63. The van der Waals surface area contributed by atoms with Gasteiger partial charge in [-0.05, 0) is 23.8 Å². The van der Waals surface area contributed by atoms with Gasteiger partial charge in [0.25, 0.3) is 0 Å². The SMILES string of the molecule is Cn1c2ccccc2c2cc(C(C#N)=C(C#N)C#N)ccc21. The molecule has 4 nitrogen and oxygen atoms in total. The zero-order chi connectivity index (χ0) is 15.7. The second-order valence-corrected chi connectivity index (χ2v) is 4.89. The summed E-state index contributed by atoms with van der Waals surface area (Å²) in [5.41, 5.74) is 2.67. The molecule has 0 atom stereocenters. The highest BCUT2D eigenvalue weighted by atomic mass is 14.9. The second kappa shape index (κ2) is 5.09. The van der Waals surface area contributed by atoms with Crippen molar-refractivity contribution in [2.75, 3.05) is 0 Å². The maximum absolute atomic E-state index is 9.29. The van der Waals surface area contributed by atoms with Crippen molar-refractivity contribution in [3.8, 4) is 18.2 Å². The third-order valence-electron chi connectivity index (χ3n) is 3.79. The Labute approximate surface area is 127 Å². The van der Waals surface area contributed by atoms with E-state index in [2.05, 4.69) is 4.57 Å². The topological polar surface area (TPSA) is 76.3 Å². The molecule has 3 aromatic rings. The van der Waals surface area contributed by atoms with E-state index in [4.69, 9.17) is 10.5 Å². The number of hydrogen-bond donors (Lipinski definition) is 0. The lowest BCUT2D eigenvalue weighted by Crippen LogP contribution is -1.89. The number of aromatic nitrogens is 1. The fourth-order valence-electron chi connectivity index (χ4n) is 2.72. The van der Waals surface area contributed by atoms with Crippen LogP contribution in [0.3, 0.4) is 0 Å². The van der Waals surface area contributed by atoms with Crippen LogP contribution in [0.1, 0.15) is 5.56 Å². The fourth-order valence-corrected chi connectivity index (χ4v) is 2.72. The maximum atomic E-state index is 9.29. The molecule has 22 heavy (non-hydrogen) atoms. The van der Waals surface area contributed by atoms with Crippen molar-refractivity contribution < 1.29 is 0 Å². The minimum atomic E-state index is -0.165. The van der Waals surface area contributed by atoms with E-state index >= 15 is 0 Å². The molecule has 0 N–H and O–H groups in total. The summed E-state index contributed by atoms with van der Waals surface area (Å²) >= 11 is 0. The fraction of sp³-hybridized carbons (Fsp3) is 0.0556. The van der Waals surface area contributed by atoms with Crippen LogP contribution in [0.2, 0.25) is 0 Å². The van der Waals surface area contributed by atoms with Gasteiger partial charge in [0.2, 0.25) is 0 Å². The largest absolute Gasteiger partial charge is 0.344 e. The van der Waals surface area contributed by atoms with E-state index in [9.17, 15) is 5.26 Å². The summed E-state index contributed by atoms with van der Waals surface area (Å²) in [7, 11) is 1.99. The van der Waals surface area contributed by atoms with Gasteiger partial charge in [-0.1, -0.05) is 24.3 Å².